The second kappa shape index (κ2) is 8.80. The first-order chi connectivity index (χ1) is 10.9. The molecule has 2 N–H and O–H groups in total. The van der Waals surface area contributed by atoms with E-state index in [4.69, 9.17) is 10.00 Å². The second-order valence-electron chi connectivity index (χ2n) is 4.49. The number of methoxy groups -OCH3 is 1. The molecule has 1 aromatic carbocycles. The third-order valence-corrected chi connectivity index (χ3v) is 2.77. The fraction of sp³-hybridized carbons (Fsp3) is 0.333. The van der Waals surface area contributed by atoms with Gasteiger partial charge in [-0.1, -0.05) is 0 Å². The molecule has 0 atom stereocenters. The molecule has 23 heavy (non-hydrogen) atoms. The van der Waals surface area contributed by atoms with E-state index in [1.165, 1.54) is 19.2 Å². The van der Waals surface area contributed by atoms with Crippen molar-refractivity contribution in [1.29, 1.82) is 5.26 Å². The maximum Gasteiger partial charge on any atom is 0.416 e. The molecule has 0 unspecified atom stereocenters. The lowest BCUT2D eigenvalue weighted by Gasteiger charge is -2.08. The standard InChI is InChI=1S/C15H16F3N3O2/c1-23-8-2-7-20-14(22)11(9-19)10-21-13-5-3-12(4-6-13)15(16,17)18/h3-6,10,21H,2,7-8H2,1H3,(H,20,22)/b11-10-. The van der Waals surface area contributed by atoms with Crippen molar-refractivity contribution in [3.05, 3.63) is 41.6 Å². The summed E-state index contributed by atoms with van der Waals surface area (Å²) < 4.78 is 42.1. The molecule has 124 valence electrons. The van der Waals surface area contributed by atoms with E-state index in [0.717, 1.165) is 18.3 Å². The molecule has 0 spiro atoms. The molecule has 0 aromatic heterocycles. The zero-order valence-electron chi connectivity index (χ0n) is 12.4. The van der Waals surface area contributed by atoms with E-state index in [2.05, 4.69) is 10.6 Å². The number of alkyl halides is 3. The number of hydrogen-bond acceptors (Lipinski definition) is 4. The van der Waals surface area contributed by atoms with Crippen LogP contribution in [0.3, 0.4) is 0 Å². The van der Waals surface area contributed by atoms with E-state index in [1.54, 1.807) is 6.07 Å². The molecule has 0 saturated carbocycles. The summed E-state index contributed by atoms with van der Waals surface area (Å²) in [5.74, 6) is -0.567. The van der Waals surface area contributed by atoms with Gasteiger partial charge < -0.3 is 15.4 Å². The summed E-state index contributed by atoms with van der Waals surface area (Å²) in [7, 11) is 1.54. The van der Waals surface area contributed by atoms with E-state index in [1.807, 2.05) is 0 Å². The average Bonchev–Trinajstić information content (AvgIpc) is 2.52. The molecule has 1 aromatic rings. The highest BCUT2D eigenvalue weighted by Gasteiger charge is 2.29. The molecule has 0 aliphatic carbocycles. The minimum Gasteiger partial charge on any atom is -0.385 e. The molecule has 1 amide bonds. The predicted octanol–water partition coefficient (Wildman–Crippen LogP) is 2.68. The summed E-state index contributed by atoms with van der Waals surface area (Å²) in [6.07, 6.45) is -2.66. The van der Waals surface area contributed by atoms with Crippen molar-refractivity contribution in [2.45, 2.75) is 12.6 Å². The number of benzene rings is 1. The van der Waals surface area contributed by atoms with Crippen molar-refractivity contribution in [2.75, 3.05) is 25.6 Å². The zero-order chi connectivity index (χ0) is 17.3. The van der Waals surface area contributed by atoms with Gasteiger partial charge in [0.05, 0.1) is 5.56 Å². The van der Waals surface area contributed by atoms with Crippen LogP contribution in [0.2, 0.25) is 0 Å². The zero-order valence-corrected chi connectivity index (χ0v) is 12.4. The van der Waals surface area contributed by atoms with Crippen LogP contribution in [-0.2, 0) is 15.7 Å². The van der Waals surface area contributed by atoms with Crippen molar-refractivity contribution < 1.29 is 22.7 Å². The number of anilines is 1. The van der Waals surface area contributed by atoms with Crippen LogP contribution in [0.25, 0.3) is 0 Å². The number of amides is 1. The Kier molecular flexibility index (Phi) is 7.09. The van der Waals surface area contributed by atoms with Gasteiger partial charge in [0.2, 0.25) is 0 Å². The molecule has 0 heterocycles. The highest BCUT2D eigenvalue weighted by molar-refractivity contribution is 5.97. The Bertz CT molecular complexity index is 589. The van der Waals surface area contributed by atoms with Crippen LogP contribution in [-0.4, -0.2) is 26.2 Å². The number of carbonyl (C=O) groups is 1. The smallest absolute Gasteiger partial charge is 0.385 e. The Morgan fingerprint density at radius 2 is 2.00 bits per heavy atom. The van der Waals surface area contributed by atoms with Crippen LogP contribution in [0, 0.1) is 11.3 Å². The number of nitrogens with one attached hydrogen (secondary N) is 2. The number of nitriles is 1. The molecule has 0 aliphatic rings. The van der Waals surface area contributed by atoms with Gasteiger partial charge in [-0.2, -0.15) is 18.4 Å². The first-order valence-electron chi connectivity index (χ1n) is 6.69. The number of rotatable bonds is 7. The Balaban J connectivity index is 2.62. The average molecular weight is 327 g/mol. The van der Waals surface area contributed by atoms with Gasteiger partial charge in [-0.05, 0) is 30.7 Å². The highest BCUT2D eigenvalue weighted by Crippen LogP contribution is 2.29. The minimum absolute atomic E-state index is 0.178. The van der Waals surface area contributed by atoms with Crippen LogP contribution in [0.5, 0.6) is 0 Å². The molecule has 1 rings (SSSR count). The van der Waals surface area contributed by atoms with E-state index in [-0.39, 0.29) is 5.57 Å². The summed E-state index contributed by atoms with van der Waals surface area (Å²) >= 11 is 0. The molecule has 0 aliphatic heterocycles. The van der Waals surface area contributed by atoms with Gasteiger partial charge in [0.15, 0.2) is 0 Å². The summed E-state index contributed by atoms with van der Waals surface area (Å²) in [6, 6.07) is 5.97. The third-order valence-electron chi connectivity index (χ3n) is 2.77. The normalized spacial score (nSPS) is 11.7. The van der Waals surface area contributed by atoms with E-state index in [0.29, 0.717) is 25.3 Å². The fourth-order valence-corrected chi connectivity index (χ4v) is 1.57. The van der Waals surface area contributed by atoms with Crippen molar-refractivity contribution in [3.63, 3.8) is 0 Å². The summed E-state index contributed by atoms with van der Waals surface area (Å²) in [6.45, 7) is 0.835. The van der Waals surface area contributed by atoms with Crippen molar-refractivity contribution >= 4 is 11.6 Å². The lowest BCUT2D eigenvalue weighted by atomic mass is 10.2. The fourth-order valence-electron chi connectivity index (χ4n) is 1.57. The first-order valence-corrected chi connectivity index (χ1v) is 6.69. The first kappa shape index (κ1) is 18.5. The number of carbonyl (C=O) groups excluding carboxylic acids is 1. The molecule has 8 heteroatoms. The van der Waals surface area contributed by atoms with Crippen molar-refractivity contribution in [2.24, 2.45) is 0 Å². The second-order valence-corrected chi connectivity index (χ2v) is 4.49. The quantitative estimate of drug-likeness (QED) is 0.459. The predicted molar refractivity (Wildman–Crippen MR) is 78.3 cm³/mol. The molecule has 0 fully saturated rings. The number of ether oxygens (including phenoxy) is 1. The minimum atomic E-state index is -4.41. The van der Waals surface area contributed by atoms with Crippen LogP contribution < -0.4 is 10.6 Å². The van der Waals surface area contributed by atoms with E-state index >= 15 is 0 Å². The molecule has 5 nitrogen and oxygen atoms in total. The van der Waals surface area contributed by atoms with Gasteiger partial charge in [0, 0.05) is 32.1 Å². The van der Waals surface area contributed by atoms with Crippen LogP contribution in [0.15, 0.2) is 36.0 Å². The Hall–Kier alpha value is -2.53. The van der Waals surface area contributed by atoms with Crippen molar-refractivity contribution in [1.82, 2.24) is 5.32 Å². The lowest BCUT2D eigenvalue weighted by Crippen LogP contribution is -2.26. The van der Waals surface area contributed by atoms with Gasteiger partial charge >= 0.3 is 6.18 Å². The Morgan fingerprint density at radius 1 is 1.35 bits per heavy atom. The summed E-state index contributed by atoms with van der Waals surface area (Å²) in [4.78, 5) is 11.7. The van der Waals surface area contributed by atoms with Gasteiger partial charge in [-0.15, -0.1) is 0 Å². The molecule has 0 bridgehead atoms. The maximum atomic E-state index is 12.4. The van der Waals surface area contributed by atoms with Crippen LogP contribution in [0.4, 0.5) is 18.9 Å². The highest BCUT2D eigenvalue weighted by atomic mass is 19.4. The monoisotopic (exact) mass is 327 g/mol. The van der Waals surface area contributed by atoms with E-state index in [9.17, 15) is 18.0 Å². The summed E-state index contributed by atoms with van der Waals surface area (Å²) in [5, 5.41) is 14.1. The number of nitrogens with zero attached hydrogens (tertiary/aromatic N) is 1. The lowest BCUT2D eigenvalue weighted by molar-refractivity contribution is -0.137. The van der Waals surface area contributed by atoms with Crippen LogP contribution >= 0.6 is 0 Å². The molecule has 0 radical (unpaired) electrons. The van der Waals surface area contributed by atoms with Gasteiger partial charge in [-0.3, -0.25) is 4.79 Å². The van der Waals surface area contributed by atoms with Crippen LogP contribution in [0.1, 0.15) is 12.0 Å². The van der Waals surface area contributed by atoms with E-state index < -0.39 is 17.6 Å². The topological polar surface area (TPSA) is 74.1 Å². The van der Waals surface area contributed by atoms with Gasteiger partial charge in [0.1, 0.15) is 11.6 Å². The largest absolute Gasteiger partial charge is 0.416 e. The molecular formula is C15H16F3N3O2. The molecular weight excluding hydrogens is 311 g/mol. The molecule has 0 saturated heterocycles. The number of halogens is 3. The Labute approximate surface area is 131 Å². The SMILES string of the molecule is COCCCNC(=O)/C(C#N)=C\Nc1ccc(C(F)(F)F)cc1. The third kappa shape index (κ3) is 6.40. The van der Waals surface area contributed by atoms with Gasteiger partial charge in [-0.25, -0.2) is 0 Å². The summed E-state index contributed by atoms with van der Waals surface area (Å²) in [5.41, 5.74) is -0.622. The van der Waals surface area contributed by atoms with Crippen molar-refractivity contribution in [3.8, 4) is 6.07 Å². The maximum absolute atomic E-state index is 12.4. The van der Waals surface area contributed by atoms with Gasteiger partial charge in [0.25, 0.3) is 5.91 Å². The Morgan fingerprint density at radius 3 is 2.52 bits per heavy atom. The number of hydrogen-bond donors (Lipinski definition) is 2.